The van der Waals surface area contributed by atoms with Gasteiger partial charge in [0.05, 0.1) is 45.4 Å². The Balaban J connectivity index is 1.69. The summed E-state index contributed by atoms with van der Waals surface area (Å²) in [5, 5.41) is 13.4. The second kappa shape index (κ2) is 11.3. The van der Waals surface area contributed by atoms with Gasteiger partial charge in [-0.05, 0) is 50.9 Å². The molecule has 0 unspecified atom stereocenters. The van der Waals surface area contributed by atoms with Crippen LogP contribution in [0.4, 0.5) is 13.2 Å². The van der Waals surface area contributed by atoms with Gasteiger partial charge in [0.1, 0.15) is 0 Å². The average Bonchev–Trinajstić information content (AvgIpc) is 3.50. The number of rotatable bonds is 8. The van der Waals surface area contributed by atoms with E-state index in [4.69, 9.17) is 23.2 Å². The van der Waals surface area contributed by atoms with Crippen LogP contribution < -0.4 is 0 Å². The lowest BCUT2D eigenvalue weighted by Crippen LogP contribution is -2.43. The van der Waals surface area contributed by atoms with E-state index in [1.807, 2.05) is 6.92 Å². The first-order valence-electron chi connectivity index (χ1n) is 13.1. The summed E-state index contributed by atoms with van der Waals surface area (Å²) < 4.78 is 44.2. The molecule has 2 saturated carbocycles. The number of halogens is 5. The number of carboxylic acid groups (broad SMARTS) is 1. The molecule has 40 heavy (non-hydrogen) atoms. The van der Waals surface area contributed by atoms with Gasteiger partial charge in [-0.25, -0.2) is 0 Å². The molecule has 2 aromatic rings. The SMILES string of the molecule is CC1(CN(CC(=O)c2c(Cl)cncc2Cl)C(=O)c2cnn([C@H]3CC[C@](C)(C(=O)O)CC3)c2C(F)(F)F)CCCC1. The molecule has 13 heteroatoms. The van der Waals surface area contributed by atoms with E-state index in [0.717, 1.165) is 41.5 Å². The monoisotopic (exact) mass is 602 g/mol. The first kappa shape index (κ1) is 30.3. The Labute approximate surface area is 239 Å². The summed E-state index contributed by atoms with van der Waals surface area (Å²) >= 11 is 12.3. The highest BCUT2D eigenvalue weighted by Gasteiger charge is 2.45. The summed E-state index contributed by atoms with van der Waals surface area (Å²) in [6.45, 7) is 3.07. The van der Waals surface area contributed by atoms with E-state index >= 15 is 0 Å². The van der Waals surface area contributed by atoms with Crippen molar-refractivity contribution in [1.82, 2.24) is 19.7 Å². The van der Waals surface area contributed by atoms with Gasteiger partial charge in [0.2, 0.25) is 0 Å². The first-order valence-corrected chi connectivity index (χ1v) is 13.9. The van der Waals surface area contributed by atoms with Crippen LogP contribution in [0, 0.1) is 10.8 Å². The number of amides is 1. The van der Waals surface area contributed by atoms with Crippen molar-refractivity contribution in [1.29, 1.82) is 0 Å². The van der Waals surface area contributed by atoms with Gasteiger partial charge < -0.3 is 10.0 Å². The molecule has 2 aromatic heterocycles. The van der Waals surface area contributed by atoms with Crippen molar-refractivity contribution in [2.24, 2.45) is 10.8 Å². The summed E-state index contributed by atoms with van der Waals surface area (Å²) in [6.07, 6.45) is 2.49. The maximum Gasteiger partial charge on any atom is 0.433 e. The first-order chi connectivity index (χ1) is 18.7. The molecule has 0 aromatic carbocycles. The molecule has 0 saturated heterocycles. The van der Waals surface area contributed by atoms with Gasteiger partial charge in [0.25, 0.3) is 5.91 Å². The molecule has 1 N–H and O–H groups in total. The average molecular weight is 603 g/mol. The second-order valence-electron chi connectivity index (χ2n) is 11.5. The number of hydrogen-bond donors (Lipinski definition) is 1. The van der Waals surface area contributed by atoms with Crippen LogP contribution in [-0.2, 0) is 11.0 Å². The van der Waals surface area contributed by atoms with Crippen LogP contribution in [0.25, 0.3) is 0 Å². The number of aromatic nitrogens is 3. The number of carbonyl (C=O) groups is 3. The van der Waals surface area contributed by atoms with E-state index in [1.165, 1.54) is 12.4 Å². The molecule has 2 fully saturated rings. The number of pyridine rings is 1. The van der Waals surface area contributed by atoms with Crippen LogP contribution in [-0.4, -0.2) is 55.5 Å². The number of carbonyl (C=O) groups excluding carboxylic acids is 2. The predicted molar refractivity (Wildman–Crippen MR) is 142 cm³/mol. The number of hydrogen-bond acceptors (Lipinski definition) is 5. The van der Waals surface area contributed by atoms with Gasteiger partial charge in [-0.15, -0.1) is 0 Å². The highest BCUT2D eigenvalue weighted by molar-refractivity contribution is 6.39. The van der Waals surface area contributed by atoms with Crippen molar-refractivity contribution in [2.45, 2.75) is 77.4 Å². The Morgan fingerprint density at radius 1 is 1.05 bits per heavy atom. The van der Waals surface area contributed by atoms with Crippen LogP contribution >= 0.6 is 23.2 Å². The van der Waals surface area contributed by atoms with Crippen molar-refractivity contribution >= 4 is 40.9 Å². The molecule has 2 heterocycles. The van der Waals surface area contributed by atoms with Crippen LogP contribution in [0.3, 0.4) is 0 Å². The maximum absolute atomic E-state index is 14.5. The van der Waals surface area contributed by atoms with Gasteiger partial charge in [-0.2, -0.15) is 18.3 Å². The standard InChI is InChI=1S/C27H31Cl2F3N4O4/c1-25(7-3-4-8-25)15-35(14-20(37)21-18(28)12-33-13-19(21)29)23(38)17-11-34-36(22(17)27(30,31)32)16-5-9-26(2,10-6-16)24(39)40/h11-13,16H,3-10,14-15H2,1-2H3,(H,39,40)/t16-,26-. The minimum atomic E-state index is -4.92. The zero-order valence-electron chi connectivity index (χ0n) is 22.2. The Morgan fingerprint density at radius 2 is 1.62 bits per heavy atom. The molecule has 4 rings (SSSR count). The molecule has 1 amide bonds. The highest BCUT2D eigenvalue weighted by Crippen LogP contribution is 2.44. The molecule has 2 aliphatic carbocycles. The summed E-state index contributed by atoms with van der Waals surface area (Å²) in [6, 6.07) is -0.720. The van der Waals surface area contributed by atoms with Gasteiger partial charge in [0.15, 0.2) is 11.5 Å². The van der Waals surface area contributed by atoms with E-state index in [9.17, 15) is 32.7 Å². The minimum absolute atomic E-state index is 0.0218. The van der Waals surface area contributed by atoms with Crippen molar-refractivity contribution in [2.75, 3.05) is 13.1 Å². The molecular weight excluding hydrogens is 572 g/mol. The molecule has 0 atom stereocenters. The van der Waals surface area contributed by atoms with Crippen LogP contribution in [0.2, 0.25) is 10.0 Å². The number of ketones is 1. The number of carboxylic acids is 1. The number of aliphatic carboxylic acids is 1. The van der Waals surface area contributed by atoms with E-state index in [2.05, 4.69) is 10.1 Å². The van der Waals surface area contributed by atoms with Gasteiger partial charge in [0, 0.05) is 18.9 Å². The van der Waals surface area contributed by atoms with Crippen molar-refractivity contribution < 1.29 is 32.7 Å². The third-order valence-corrected chi connectivity index (χ3v) is 8.93. The molecule has 0 bridgehead atoms. The normalized spacial score (nSPS) is 22.7. The maximum atomic E-state index is 14.5. The molecule has 2 aliphatic rings. The summed E-state index contributed by atoms with van der Waals surface area (Å²) in [5.74, 6) is -2.57. The Kier molecular flexibility index (Phi) is 8.57. The summed E-state index contributed by atoms with van der Waals surface area (Å²) in [4.78, 5) is 43.7. The van der Waals surface area contributed by atoms with Crippen LogP contribution in [0.5, 0.6) is 0 Å². The largest absolute Gasteiger partial charge is 0.481 e. The summed E-state index contributed by atoms with van der Waals surface area (Å²) in [5.41, 5.74) is -3.30. The van der Waals surface area contributed by atoms with E-state index in [1.54, 1.807) is 6.92 Å². The lowest BCUT2D eigenvalue weighted by molar-refractivity contribution is -0.152. The third-order valence-electron chi connectivity index (χ3n) is 8.35. The topological polar surface area (TPSA) is 105 Å². The third kappa shape index (κ3) is 6.15. The highest BCUT2D eigenvalue weighted by atomic mass is 35.5. The molecule has 8 nitrogen and oxygen atoms in total. The Morgan fingerprint density at radius 3 is 2.15 bits per heavy atom. The van der Waals surface area contributed by atoms with Crippen molar-refractivity contribution in [3.05, 3.63) is 45.5 Å². The van der Waals surface area contributed by atoms with E-state index in [0.29, 0.717) is 0 Å². The van der Waals surface area contributed by atoms with Gasteiger partial charge >= 0.3 is 12.1 Å². The fraction of sp³-hybridized carbons (Fsp3) is 0.593. The van der Waals surface area contributed by atoms with Crippen LogP contribution in [0.15, 0.2) is 18.6 Å². The minimum Gasteiger partial charge on any atom is -0.481 e. The molecule has 0 radical (unpaired) electrons. The number of Topliss-reactive ketones (excluding diaryl/α,β-unsaturated/α-hetero) is 1. The second-order valence-corrected chi connectivity index (χ2v) is 12.3. The fourth-order valence-corrected chi connectivity index (χ4v) is 6.50. The number of alkyl halides is 3. The molecule has 0 spiro atoms. The molecule has 218 valence electrons. The molecular formula is C27H31Cl2F3N4O4. The lowest BCUT2D eigenvalue weighted by Gasteiger charge is -2.35. The smallest absolute Gasteiger partial charge is 0.433 e. The van der Waals surface area contributed by atoms with E-state index in [-0.39, 0.29) is 53.3 Å². The lowest BCUT2D eigenvalue weighted by atomic mass is 9.74. The van der Waals surface area contributed by atoms with Gasteiger partial charge in [-0.3, -0.25) is 24.0 Å². The Hall–Kier alpha value is -2.66. The van der Waals surface area contributed by atoms with E-state index < -0.39 is 53.1 Å². The van der Waals surface area contributed by atoms with Crippen LogP contribution in [0.1, 0.15) is 97.7 Å². The Bertz CT molecular complexity index is 1280. The predicted octanol–water partition coefficient (Wildman–Crippen LogP) is 6.72. The van der Waals surface area contributed by atoms with Crippen molar-refractivity contribution in [3.8, 4) is 0 Å². The van der Waals surface area contributed by atoms with Gasteiger partial charge in [-0.1, -0.05) is 43.0 Å². The van der Waals surface area contributed by atoms with Crippen molar-refractivity contribution in [3.63, 3.8) is 0 Å². The number of nitrogens with zero attached hydrogens (tertiary/aromatic N) is 4. The summed E-state index contributed by atoms with van der Waals surface area (Å²) in [7, 11) is 0. The zero-order valence-corrected chi connectivity index (χ0v) is 23.7. The fourth-order valence-electron chi connectivity index (χ4n) is 5.92. The quantitative estimate of drug-likeness (QED) is 0.336. The molecule has 0 aliphatic heterocycles. The zero-order chi connectivity index (χ0) is 29.5.